The van der Waals surface area contributed by atoms with Crippen molar-refractivity contribution in [3.63, 3.8) is 0 Å². The van der Waals surface area contributed by atoms with E-state index in [2.05, 4.69) is 37.1 Å². The molecule has 0 aliphatic carbocycles. The largest absolute Gasteiger partial charge is 0.493 e. The molecule has 3 rings (SSSR count). The van der Waals surface area contributed by atoms with Crippen LogP contribution in [0.25, 0.3) is 0 Å². The number of thioether (sulfide) groups is 1. The molecule has 0 spiro atoms. The predicted molar refractivity (Wildman–Crippen MR) is 141 cm³/mol. The van der Waals surface area contributed by atoms with Gasteiger partial charge < -0.3 is 10.1 Å². The molecule has 10 nitrogen and oxygen atoms in total. The van der Waals surface area contributed by atoms with Gasteiger partial charge in [-0.25, -0.2) is 15.7 Å². The lowest BCUT2D eigenvalue weighted by Crippen LogP contribution is -2.39. The Bertz CT molecular complexity index is 1080. The lowest BCUT2D eigenvalue weighted by molar-refractivity contribution is -0.160. The summed E-state index contributed by atoms with van der Waals surface area (Å²) < 4.78 is 14.8. The molecule has 188 valence electrons. The number of hydrazine groups is 1. The molecule has 0 aliphatic heterocycles. The maximum Gasteiger partial charge on any atom is 0.333 e. The van der Waals surface area contributed by atoms with E-state index in [4.69, 9.17) is 14.1 Å². The number of hydrogen-bond acceptors (Lipinski definition) is 11. The number of hydrogen-bond donors (Lipinski definition) is 4. The second-order valence-electron chi connectivity index (χ2n) is 7.27. The standard InChI is InChI=1S/C22H28N6O4S3/c1-15-8-9-19(16(2)12-15)30-11-5-10-23-20(29)25-26-21-24-22(28-35-21)34-14-17-6-4-7-18(13-17)27-31-32-33-3/h4,6-9,12-13,27H,5,10-11,14H2,1-3H3,(H2,23,25,29)(H,24,26,28). The summed E-state index contributed by atoms with van der Waals surface area (Å²) in [6.45, 7) is 5.07. The molecular weight excluding hydrogens is 508 g/mol. The molecule has 0 saturated carbocycles. The molecule has 0 aliphatic rings. The molecule has 2 aromatic carbocycles. The number of aryl methyl sites for hydroxylation is 2. The van der Waals surface area contributed by atoms with Crippen molar-refractivity contribution >= 4 is 52.2 Å². The SMILES string of the molecule is CSOONc1cccc(CSc2nsc(NNC(=O)NCCCOc3ccc(C)cc3C)n2)c1. The van der Waals surface area contributed by atoms with Gasteiger partial charge in [-0.1, -0.05) is 41.6 Å². The van der Waals surface area contributed by atoms with Crippen LogP contribution in [0.5, 0.6) is 5.75 Å². The van der Waals surface area contributed by atoms with Crippen molar-refractivity contribution in [2.45, 2.75) is 31.2 Å². The number of urea groups is 1. The average Bonchev–Trinajstić information content (AvgIpc) is 3.31. The molecule has 0 atom stereocenters. The molecule has 1 aromatic heterocycles. The van der Waals surface area contributed by atoms with Crippen LogP contribution in [-0.2, 0) is 15.1 Å². The van der Waals surface area contributed by atoms with E-state index in [1.165, 1.54) is 28.9 Å². The third-order valence-corrected chi connectivity index (χ3v) is 6.31. The topological polar surface area (TPSA) is 119 Å². The lowest BCUT2D eigenvalue weighted by Gasteiger charge is -2.10. The third kappa shape index (κ3) is 9.82. The van der Waals surface area contributed by atoms with Gasteiger partial charge in [0.05, 0.1) is 12.3 Å². The van der Waals surface area contributed by atoms with Crippen LogP contribution in [-0.4, -0.2) is 34.8 Å². The van der Waals surface area contributed by atoms with E-state index in [1.807, 2.05) is 50.2 Å². The Hall–Kier alpha value is -2.71. The van der Waals surface area contributed by atoms with Crippen LogP contribution in [0.3, 0.4) is 0 Å². The second kappa shape index (κ2) is 14.6. The molecule has 1 heterocycles. The maximum atomic E-state index is 12.0. The maximum absolute atomic E-state index is 12.0. The van der Waals surface area contributed by atoms with Gasteiger partial charge in [-0.15, -0.1) is 9.32 Å². The molecule has 4 N–H and O–H groups in total. The Balaban J connectivity index is 1.30. The molecule has 0 fully saturated rings. The summed E-state index contributed by atoms with van der Waals surface area (Å²) in [7, 11) is 0. The highest BCUT2D eigenvalue weighted by Crippen LogP contribution is 2.24. The quantitative estimate of drug-likeness (QED) is 0.0729. The van der Waals surface area contributed by atoms with Crippen LogP contribution in [0, 0.1) is 13.8 Å². The smallest absolute Gasteiger partial charge is 0.333 e. The zero-order valence-corrected chi connectivity index (χ0v) is 22.1. The minimum absolute atomic E-state index is 0.349. The van der Waals surface area contributed by atoms with Crippen molar-refractivity contribution in [2.24, 2.45) is 0 Å². The van der Waals surface area contributed by atoms with Crippen molar-refractivity contribution in [3.8, 4) is 5.75 Å². The number of nitrogens with zero attached hydrogens (tertiary/aromatic N) is 2. The lowest BCUT2D eigenvalue weighted by atomic mass is 10.1. The highest BCUT2D eigenvalue weighted by Gasteiger charge is 2.07. The van der Waals surface area contributed by atoms with E-state index in [1.54, 1.807) is 6.26 Å². The van der Waals surface area contributed by atoms with Crippen molar-refractivity contribution < 1.29 is 18.9 Å². The number of aromatic nitrogens is 2. The van der Waals surface area contributed by atoms with Crippen molar-refractivity contribution in [1.82, 2.24) is 20.1 Å². The van der Waals surface area contributed by atoms with Crippen molar-refractivity contribution in [3.05, 3.63) is 59.2 Å². The molecule has 13 heteroatoms. The molecular formula is C22H28N6O4S3. The fourth-order valence-electron chi connectivity index (χ4n) is 2.86. The van der Waals surface area contributed by atoms with Gasteiger partial charge in [-0.3, -0.25) is 5.43 Å². The Morgan fingerprint density at radius 3 is 2.89 bits per heavy atom. The minimum Gasteiger partial charge on any atom is -0.493 e. The first kappa shape index (κ1) is 26.9. The summed E-state index contributed by atoms with van der Waals surface area (Å²) in [6.07, 6.45) is 2.44. The zero-order valence-electron chi connectivity index (χ0n) is 19.6. The van der Waals surface area contributed by atoms with E-state index in [0.717, 1.165) is 34.6 Å². The normalized spacial score (nSPS) is 10.6. The zero-order chi connectivity index (χ0) is 24.9. The number of carbonyl (C=O) groups excluding carboxylic acids is 1. The monoisotopic (exact) mass is 536 g/mol. The van der Waals surface area contributed by atoms with E-state index in [9.17, 15) is 4.79 Å². The minimum atomic E-state index is -0.349. The van der Waals surface area contributed by atoms with Crippen molar-refractivity contribution in [2.75, 3.05) is 30.3 Å². The summed E-state index contributed by atoms with van der Waals surface area (Å²) in [5.74, 6) is 1.54. The highest BCUT2D eigenvalue weighted by atomic mass is 32.2. The van der Waals surface area contributed by atoms with Crippen LogP contribution in [0.4, 0.5) is 15.6 Å². The van der Waals surface area contributed by atoms with E-state index < -0.39 is 0 Å². The number of carbonyl (C=O) groups is 1. The van der Waals surface area contributed by atoms with E-state index >= 15 is 0 Å². The van der Waals surface area contributed by atoms with Gasteiger partial charge in [0.1, 0.15) is 5.75 Å². The van der Waals surface area contributed by atoms with Gasteiger partial charge in [0.2, 0.25) is 10.3 Å². The van der Waals surface area contributed by atoms with E-state index in [0.29, 0.717) is 35.6 Å². The van der Waals surface area contributed by atoms with Gasteiger partial charge in [-0.05, 0) is 49.6 Å². The van der Waals surface area contributed by atoms with Gasteiger partial charge in [0.15, 0.2) is 0 Å². The molecule has 0 saturated heterocycles. The Labute approximate surface area is 217 Å². The predicted octanol–water partition coefficient (Wildman–Crippen LogP) is 5.10. The first-order valence-corrected chi connectivity index (χ1v) is 13.6. The highest BCUT2D eigenvalue weighted by molar-refractivity contribution is 7.98. The van der Waals surface area contributed by atoms with E-state index in [-0.39, 0.29) is 6.03 Å². The first-order valence-electron chi connectivity index (χ1n) is 10.7. The van der Waals surface area contributed by atoms with Gasteiger partial charge in [0, 0.05) is 42.1 Å². The summed E-state index contributed by atoms with van der Waals surface area (Å²) in [4.78, 5) is 21.2. The van der Waals surface area contributed by atoms with Crippen molar-refractivity contribution in [1.29, 1.82) is 0 Å². The average molecular weight is 537 g/mol. The number of nitrogens with one attached hydrogen (secondary N) is 4. The van der Waals surface area contributed by atoms with Crippen LogP contribution in [0.1, 0.15) is 23.1 Å². The molecule has 3 aromatic rings. The molecule has 0 unspecified atom stereocenters. The summed E-state index contributed by atoms with van der Waals surface area (Å²) >= 11 is 3.76. The number of anilines is 2. The molecule has 35 heavy (non-hydrogen) atoms. The van der Waals surface area contributed by atoms with Crippen LogP contribution < -0.4 is 26.4 Å². The number of rotatable bonds is 14. The number of amides is 2. The second-order valence-corrected chi connectivity index (χ2v) is 9.43. The van der Waals surface area contributed by atoms with Gasteiger partial charge >= 0.3 is 6.03 Å². The van der Waals surface area contributed by atoms with Crippen LogP contribution in [0.2, 0.25) is 0 Å². The first-order chi connectivity index (χ1) is 17.0. The molecule has 2 amide bonds. The number of ether oxygens (including phenoxy) is 1. The number of benzene rings is 2. The summed E-state index contributed by atoms with van der Waals surface area (Å²) in [6, 6.07) is 13.5. The molecule has 0 radical (unpaired) electrons. The summed E-state index contributed by atoms with van der Waals surface area (Å²) in [5, 5.41) is 3.89. The van der Waals surface area contributed by atoms with Gasteiger partial charge in [-0.2, -0.15) is 9.36 Å². The van der Waals surface area contributed by atoms with Gasteiger partial charge in [0.25, 0.3) is 0 Å². The van der Waals surface area contributed by atoms with Crippen LogP contribution in [0.15, 0.2) is 47.6 Å². The molecule has 0 bridgehead atoms. The Morgan fingerprint density at radius 1 is 1.17 bits per heavy atom. The Morgan fingerprint density at radius 2 is 2.06 bits per heavy atom. The van der Waals surface area contributed by atoms with Crippen LogP contribution >= 0.6 is 35.3 Å². The fourth-order valence-corrected chi connectivity index (χ4v) is 4.41. The third-order valence-electron chi connectivity index (χ3n) is 4.44. The summed E-state index contributed by atoms with van der Waals surface area (Å²) in [5.41, 5.74) is 12.2. The Kier molecular flexibility index (Phi) is 11.2. The fraction of sp³-hybridized carbons (Fsp3) is 0.318.